The van der Waals surface area contributed by atoms with Gasteiger partial charge in [-0.05, 0) is 38.4 Å². The van der Waals surface area contributed by atoms with Crippen LogP contribution >= 0.6 is 0 Å². The second-order valence-corrected chi connectivity index (χ2v) is 5.25. The Morgan fingerprint density at radius 1 is 1.25 bits per heavy atom. The highest BCUT2D eigenvalue weighted by Crippen LogP contribution is 2.33. The predicted molar refractivity (Wildman–Crippen MR) is 83.0 cm³/mol. The second-order valence-electron chi connectivity index (χ2n) is 5.25. The van der Waals surface area contributed by atoms with E-state index in [2.05, 4.69) is 23.2 Å². The molecule has 0 spiro atoms. The van der Waals surface area contributed by atoms with Crippen LogP contribution in [0.25, 0.3) is 0 Å². The molecule has 1 saturated heterocycles. The van der Waals surface area contributed by atoms with Gasteiger partial charge in [0.25, 0.3) is 0 Å². The van der Waals surface area contributed by atoms with Gasteiger partial charge in [-0.3, -0.25) is 0 Å². The zero-order valence-corrected chi connectivity index (χ0v) is 12.8. The average molecular weight is 278 g/mol. The van der Waals surface area contributed by atoms with Crippen molar-refractivity contribution in [1.29, 1.82) is 0 Å². The fraction of sp³-hybridized carbons (Fsp3) is 0.625. The molecule has 1 aliphatic rings. The molecule has 0 bridgehead atoms. The van der Waals surface area contributed by atoms with Crippen molar-refractivity contribution in [3.8, 4) is 11.5 Å². The van der Waals surface area contributed by atoms with Crippen LogP contribution in [0.15, 0.2) is 18.2 Å². The van der Waals surface area contributed by atoms with Crippen molar-refractivity contribution in [3.63, 3.8) is 0 Å². The van der Waals surface area contributed by atoms with Gasteiger partial charge in [0.1, 0.15) is 11.5 Å². The van der Waals surface area contributed by atoms with Gasteiger partial charge in [-0.15, -0.1) is 0 Å². The van der Waals surface area contributed by atoms with Crippen LogP contribution in [-0.4, -0.2) is 39.4 Å². The lowest BCUT2D eigenvalue weighted by molar-refractivity contribution is 0.330. The molecular formula is C16H26N2O2. The van der Waals surface area contributed by atoms with E-state index in [1.807, 2.05) is 26.0 Å². The Balaban J connectivity index is 2.27. The summed E-state index contributed by atoms with van der Waals surface area (Å²) in [5, 5.41) is 3.47. The lowest BCUT2D eigenvalue weighted by Gasteiger charge is -2.27. The van der Waals surface area contributed by atoms with Gasteiger partial charge >= 0.3 is 0 Å². The van der Waals surface area contributed by atoms with Crippen LogP contribution in [0.4, 0.5) is 5.69 Å². The lowest BCUT2D eigenvalue weighted by Crippen LogP contribution is -2.29. The number of rotatable bonds is 5. The number of nitrogens with zero attached hydrogens (tertiary/aromatic N) is 1. The summed E-state index contributed by atoms with van der Waals surface area (Å²) in [7, 11) is 0. The molecule has 4 heteroatoms. The Hall–Kier alpha value is -1.42. The number of anilines is 1. The van der Waals surface area contributed by atoms with Gasteiger partial charge in [0, 0.05) is 25.7 Å². The highest BCUT2D eigenvalue weighted by atomic mass is 16.5. The molecule has 112 valence electrons. The van der Waals surface area contributed by atoms with E-state index in [-0.39, 0.29) is 0 Å². The molecule has 0 aliphatic carbocycles. The summed E-state index contributed by atoms with van der Waals surface area (Å²) in [5.74, 6) is 2.49. The summed E-state index contributed by atoms with van der Waals surface area (Å²) < 4.78 is 11.4. The molecule has 1 N–H and O–H groups in total. The van der Waals surface area contributed by atoms with Crippen molar-refractivity contribution >= 4 is 5.69 Å². The largest absolute Gasteiger partial charge is 0.494 e. The monoisotopic (exact) mass is 278 g/mol. The van der Waals surface area contributed by atoms with Gasteiger partial charge in [-0.2, -0.15) is 0 Å². The van der Waals surface area contributed by atoms with Crippen LogP contribution in [0, 0.1) is 5.92 Å². The van der Waals surface area contributed by atoms with Crippen molar-refractivity contribution in [2.24, 2.45) is 5.92 Å². The molecule has 0 radical (unpaired) electrons. The number of nitrogens with one attached hydrogen (secondary N) is 1. The maximum atomic E-state index is 5.78. The van der Waals surface area contributed by atoms with Gasteiger partial charge in [0.05, 0.1) is 18.9 Å². The van der Waals surface area contributed by atoms with E-state index in [9.17, 15) is 0 Å². The third-order valence-electron chi connectivity index (χ3n) is 3.47. The first-order valence-electron chi connectivity index (χ1n) is 7.59. The SMILES string of the molecule is CCOc1ccc(OCC)c(N2CCNCC(C)C2)c1. The third-order valence-corrected chi connectivity index (χ3v) is 3.47. The molecule has 1 fully saturated rings. The molecule has 1 aromatic carbocycles. The molecule has 4 nitrogen and oxygen atoms in total. The average Bonchev–Trinajstić information content (AvgIpc) is 2.66. The Bertz CT molecular complexity index is 423. The summed E-state index contributed by atoms with van der Waals surface area (Å²) in [6, 6.07) is 6.11. The molecule has 1 aromatic rings. The van der Waals surface area contributed by atoms with E-state index in [0.29, 0.717) is 19.1 Å². The van der Waals surface area contributed by atoms with Gasteiger partial charge in [0.15, 0.2) is 0 Å². The smallest absolute Gasteiger partial charge is 0.142 e. The summed E-state index contributed by atoms with van der Waals surface area (Å²) in [6.45, 7) is 11.8. The van der Waals surface area contributed by atoms with Gasteiger partial charge in [-0.25, -0.2) is 0 Å². The summed E-state index contributed by atoms with van der Waals surface area (Å²) in [4.78, 5) is 2.40. The fourth-order valence-electron chi connectivity index (χ4n) is 2.59. The maximum Gasteiger partial charge on any atom is 0.142 e. The first kappa shape index (κ1) is 15.0. The van der Waals surface area contributed by atoms with Crippen molar-refractivity contribution in [1.82, 2.24) is 5.32 Å². The molecule has 1 atom stereocenters. The number of hydrogen-bond donors (Lipinski definition) is 1. The minimum atomic E-state index is 0.628. The fourth-order valence-corrected chi connectivity index (χ4v) is 2.59. The summed E-state index contributed by atoms with van der Waals surface area (Å²) >= 11 is 0. The van der Waals surface area contributed by atoms with Crippen LogP contribution in [0.5, 0.6) is 11.5 Å². The number of hydrogen-bond acceptors (Lipinski definition) is 4. The van der Waals surface area contributed by atoms with E-state index in [1.165, 1.54) is 0 Å². The Morgan fingerprint density at radius 3 is 2.80 bits per heavy atom. The highest BCUT2D eigenvalue weighted by molar-refractivity contribution is 5.62. The van der Waals surface area contributed by atoms with Gasteiger partial charge < -0.3 is 19.7 Å². The van der Waals surface area contributed by atoms with Crippen LogP contribution in [0.3, 0.4) is 0 Å². The molecule has 1 heterocycles. The van der Waals surface area contributed by atoms with Crippen molar-refractivity contribution in [3.05, 3.63) is 18.2 Å². The van der Waals surface area contributed by atoms with E-state index >= 15 is 0 Å². The second kappa shape index (κ2) is 7.39. The van der Waals surface area contributed by atoms with E-state index in [1.54, 1.807) is 0 Å². The standard InChI is InChI=1S/C16H26N2O2/c1-4-19-14-6-7-16(20-5-2)15(10-14)18-9-8-17-11-13(3)12-18/h6-7,10,13,17H,4-5,8-9,11-12H2,1-3H3. The predicted octanol–water partition coefficient (Wildman–Crippen LogP) is 2.53. The van der Waals surface area contributed by atoms with Crippen molar-refractivity contribution in [2.45, 2.75) is 20.8 Å². The van der Waals surface area contributed by atoms with Gasteiger partial charge in [0.2, 0.25) is 0 Å². The topological polar surface area (TPSA) is 33.7 Å². The van der Waals surface area contributed by atoms with Crippen molar-refractivity contribution < 1.29 is 9.47 Å². The summed E-state index contributed by atoms with van der Waals surface area (Å²) in [5.41, 5.74) is 1.15. The van der Waals surface area contributed by atoms with E-state index in [0.717, 1.165) is 43.4 Å². The van der Waals surface area contributed by atoms with Crippen LogP contribution in [0.1, 0.15) is 20.8 Å². The molecule has 1 unspecified atom stereocenters. The van der Waals surface area contributed by atoms with Crippen LogP contribution in [-0.2, 0) is 0 Å². The van der Waals surface area contributed by atoms with Gasteiger partial charge in [-0.1, -0.05) is 6.92 Å². The zero-order chi connectivity index (χ0) is 14.4. The number of benzene rings is 1. The first-order chi connectivity index (χ1) is 9.74. The third kappa shape index (κ3) is 3.79. The molecule has 0 aromatic heterocycles. The highest BCUT2D eigenvalue weighted by Gasteiger charge is 2.18. The van der Waals surface area contributed by atoms with Crippen LogP contribution < -0.4 is 19.7 Å². The lowest BCUT2D eigenvalue weighted by atomic mass is 10.1. The number of ether oxygens (including phenoxy) is 2. The van der Waals surface area contributed by atoms with E-state index < -0.39 is 0 Å². The molecular weight excluding hydrogens is 252 g/mol. The maximum absolute atomic E-state index is 5.78. The van der Waals surface area contributed by atoms with E-state index in [4.69, 9.17) is 9.47 Å². The zero-order valence-electron chi connectivity index (χ0n) is 12.8. The summed E-state index contributed by atoms with van der Waals surface area (Å²) in [6.07, 6.45) is 0. The Labute approximate surface area is 122 Å². The Morgan fingerprint density at radius 2 is 2.05 bits per heavy atom. The first-order valence-corrected chi connectivity index (χ1v) is 7.59. The molecule has 20 heavy (non-hydrogen) atoms. The molecule has 2 rings (SSSR count). The minimum Gasteiger partial charge on any atom is -0.494 e. The Kier molecular flexibility index (Phi) is 5.53. The quantitative estimate of drug-likeness (QED) is 0.897. The minimum absolute atomic E-state index is 0.628. The molecule has 0 amide bonds. The molecule has 1 aliphatic heterocycles. The normalized spacial score (nSPS) is 19.6. The molecule has 0 saturated carbocycles. The van der Waals surface area contributed by atoms with Crippen LogP contribution in [0.2, 0.25) is 0 Å². The van der Waals surface area contributed by atoms with Crippen molar-refractivity contribution in [2.75, 3.05) is 44.3 Å².